The summed E-state index contributed by atoms with van der Waals surface area (Å²) in [4.78, 5) is 13.9. The summed E-state index contributed by atoms with van der Waals surface area (Å²) in [6, 6.07) is 33.0. The van der Waals surface area contributed by atoms with Crippen molar-refractivity contribution in [2.75, 3.05) is 11.9 Å². The second-order valence-electron chi connectivity index (χ2n) is 8.52. The number of halogens is 1. The first-order valence-corrected chi connectivity index (χ1v) is 12.8. The first-order valence-electron chi connectivity index (χ1n) is 11.9. The summed E-state index contributed by atoms with van der Waals surface area (Å²) in [5.41, 5.74) is 3.51. The monoisotopic (exact) mass is 500 g/mol. The lowest BCUT2D eigenvalue weighted by atomic mass is 10.0. The lowest BCUT2D eigenvalue weighted by molar-refractivity contribution is 0.0851. The van der Waals surface area contributed by atoms with Gasteiger partial charge in [0, 0.05) is 28.4 Å². The Morgan fingerprint density at radius 3 is 2.06 bits per heavy atom. The number of amides is 1. The van der Waals surface area contributed by atoms with Crippen molar-refractivity contribution in [3.05, 3.63) is 132 Å². The van der Waals surface area contributed by atoms with Crippen LogP contribution in [0.2, 0.25) is 0 Å². The van der Waals surface area contributed by atoms with Gasteiger partial charge >= 0.3 is 0 Å². The Morgan fingerprint density at radius 2 is 1.42 bits per heavy atom. The normalized spacial score (nSPS) is 12.5. The maximum absolute atomic E-state index is 13.3. The third kappa shape index (κ3) is 7.70. The van der Waals surface area contributed by atoms with E-state index in [1.54, 1.807) is 11.8 Å². The molecule has 4 aromatic carbocycles. The van der Waals surface area contributed by atoms with Gasteiger partial charge in [-0.05, 0) is 66.1 Å². The van der Waals surface area contributed by atoms with Gasteiger partial charge in [0.1, 0.15) is 5.82 Å². The minimum absolute atomic E-state index is 0.262. The third-order valence-corrected chi connectivity index (χ3v) is 6.89. The number of hydrogen-bond donors (Lipinski definition) is 3. The standard InChI is InChI=1S/C30H29FN2O2S/c31-25-13-11-24(12-14-25)30(35)33-28(19-22-7-3-1-4-8-22)29(34)20-32-26-15-17-27(18-16-26)36-21-23-9-5-2-6-10-23/h1-18,28-29,32,34H,19-21H2,(H,33,35). The zero-order chi connectivity index (χ0) is 25.2. The molecule has 184 valence electrons. The summed E-state index contributed by atoms with van der Waals surface area (Å²) in [5.74, 6) is 0.150. The van der Waals surface area contributed by atoms with Crippen LogP contribution < -0.4 is 10.6 Å². The SMILES string of the molecule is O=C(NC(Cc1ccccc1)C(O)CNc1ccc(SCc2ccccc2)cc1)c1ccc(F)cc1. The Kier molecular flexibility index (Phi) is 9.14. The summed E-state index contributed by atoms with van der Waals surface area (Å²) in [6.45, 7) is 0.262. The van der Waals surface area contributed by atoms with Gasteiger partial charge in [-0.25, -0.2) is 4.39 Å². The molecule has 2 atom stereocenters. The Balaban J connectivity index is 1.35. The predicted octanol–water partition coefficient (Wildman–Crippen LogP) is 5.93. The molecule has 0 aromatic heterocycles. The van der Waals surface area contributed by atoms with Crippen molar-refractivity contribution in [2.45, 2.75) is 29.2 Å². The molecule has 0 fully saturated rings. The van der Waals surface area contributed by atoms with Crippen molar-refractivity contribution < 1.29 is 14.3 Å². The van der Waals surface area contributed by atoms with Crippen molar-refractivity contribution >= 4 is 23.4 Å². The van der Waals surface area contributed by atoms with Gasteiger partial charge in [-0.15, -0.1) is 11.8 Å². The fourth-order valence-electron chi connectivity index (χ4n) is 3.78. The van der Waals surface area contributed by atoms with E-state index in [0.29, 0.717) is 12.0 Å². The van der Waals surface area contributed by atoms with Crippen LogP contribution in [0.4, 0.5) is 10.1 Å². The fraction of sp³-hybridized carbons (Fsp3) is 0.167. The van der Waals surface area contributed by atoms with Gasteiger partial charge in [0.25, 0.3) is 5.91 Å². The Bertz CT molecular complexity index is 1220. The van der Waals surface area contributed by atoms with E-state index in [1.807, 2.05) is 60.7 Å². The first kappa shape index (κ1) is 25.5. The number of benzene rings is 4. The van der Waals surface area contributed by atoms with Crippen LogP contribution in [0.1, 0.15) is 21.5 Å². The van der Waals surface area contributed by atoms with Crippen molar-refractivity contribution in [2.24, 2.45) is 0 Å². The third-order valence-electron chi connectivity index (χ3n) is 5.80. The smallest absolute Gasteiger partial charge is 0.251 e. The minimum atomic E-state index is -0.846. The Morgan fingerprint density at radius 1 is 0.806 bits per heavy atom. The number of rotatable bonds is 11. The molecule has 36 heavy (non-hydrogen) atoms. The molecule has 2 unspecified atom stereocenters. The summed E-state index contributed by atoms with van der Waals surface area (Å²) in [7, 11) is 0. The zero-order valence-electron chi connectivity index (χ0n) is 19.8. The summed E-state index contributed by atoms with van der Waals surface area (Å²) >= 11 is 1.77. The zero-order valence-corrected chi connectivity index (χ0v) is 20.6. The van der Waals surface area contributed by atoms with Gasteiger partial charge in [-0.3, -0.25) is 4.79 Å². The molecule has 4 nitrogen and oxygen atoms in total. The van der Waals surface area contributed by atoms with E-state index < -0.39 is 18.0 Å². The number of aliphatic hydroxyl groups excluding tert-OH is 1. The molecule has 0 aliphatic heterocycles. The van der Waals surface area contributed by atoms with Gasteiger partial charge < -0.3 is 15.7 Å². The van der Waals surface area contributed by atoms with Crippen molar-refractivity contribution in [3.8, 4) is 0 Å². The highest BCUT2D eigenvalue weighted by Crippen LogP contribution is 2.24. The van der Waals surface area contributed by atoms with Crippen LogP contribution in [0.5, 0.6) is 0 Å². The Hall–Kier alpha value is -3.61. The van der Waals surface area contributed by atoms with E-state index in [-0.39, 0.29) is 12.5 Å². The second-order valence-corrected chi connectivity index (χ2v) is 9.57. The van der Waals surface area contributed by atoms with Gasteiger partial charge in [-0.2, -0.15) is 0 Å². The van der Waals surface area contributed by atoms with E-state index in [0.717, 1.165) is 17.0 Å². The van der Waals surface area contributed by atoms with Crippen molar-refractivity contribution in [1.82, 2.24) is 5.32 Å². The predicted molar refractivity (Wildman–Crippen MR) is 145 cm³/mol. The molecule has 3 N–H and O–H groups in total. The van der Waals surface area contributed by atoms with Crippen LogP contribution in [0.25, 0.3) is 0 Å². The van der Waals surface area contributed by atoms with Gasteiger partial charge in [0.05, 0.1) is 12.1 Å². The van der Waals surface area contributed by atoms with E-state index in [9.17, 15) is 14.3 Å². The topological polar surface area (TPSA) is 61.4 Å². The van der Waals surface area contributed by atoms with E-state index in [4.69, 9.17) is 0 Å². The first-order chi connectivity index (χ1) is 17.6. The minimum Gasteiger partial charge on any atom is -0.389 e. The maximum atomic E-state index is 13.3. The highest BCUT2D eigenvalue weighted by atomic mass is 32.2. The highest BCUT2D eigenvalue weighted by molar-refractivity contribution is 7.98. The molecule has 0 heterocycles. The molecule has 0 bridgehead atoms. The van der Waals surface area contributed by atoms with E-state index in [1.165, 1.54) is 34.7 Å². The average molecular weight is 501 g/mol. The maximum Gasteiger partial charge on any atom is 0.251 e. The van der Waals surface area contributed by atoms with E-state index in [2.05, 4.69) is 34.9 Å². The lowest BCUT2D eigenvalue weighted by Gasteiger charge is -2.25. The van der Waals surface area contributed by atoms with Crippen LogP contribution in [0, 0.1) is 5.82 Å². The molecule has 4 aromatic rings. The molecule has 0 saturated carbocycles. The molecule has 0 aliphatic rings. The largest absolute Gasteiger partial charge is 0.389 e. The van der Waals surface area contributed by atoms with Crippen LogP contribution in [-0.4, -0.2) is 29.7 Å². The summed E-state index contributed by atoms with van der Waals surface area (Å²) < 4.78 is 13.3. The molecular weight excluding hydrogens is 471 g/mol. The highest BCUT2D eigenvalue weighted by Gasteiger charge is 2.22. The molecule has 1 amide bonds. The van der Waals surface area contributed by atoms with E-state index >= 15 is 0 Å². The lowest BCUT2D eigenvalue weighted by Crippen LogP contribution is -2.47. The number of nitrogens with one attached hydrogen (secondary N) is 2. The van der Waals surface area contributed by atoms with Crippen LogP contribution in [0.3, 0.4) is 0 Å². The molecule has 0 spiro atoms. The number of carbonyl (C=O) groups excluding carboxylic acids is 1. The van der Waals surface area contributed by atoms with Crippen LogP contribution in [-0.2, 0) is 12.2 Å². The fourth-order valence-corrected chi connectivity index (χ4v) is 4.63. The summed E-state index contributed by atoms with van der Waals surface area (Å²) in [6.07, 6.45) is -0.382. The van der Waals surface area contributed by atoms with Crippen LogP contribution >= 0.6 is 11.8 Å². The van der Waals surface area contributed by atoms with Gasteiger partial charge in [-0.1, -0.05) is 60.7 Å². The average Bonchev–Trinajstić information content (AvgIpc) is 2.92. The van der Waals surface area contributed by atoms with Crippen molar-refractivity contribution in [1.29, 1.82) is 0 Å². The molecule has 0 saturated heterocycles. The molecular formula is C30H29FN2O2S. The van der Waals surface area contributed by atoms with Gasteiger partial charge in [0.15, 0.2) is 0 Å². The number of aliphatic hydroxyl groups is 1. The summed E-state index contributed by atoms with van der Waals surface area (Å²) in [5, 5.41) is 17.2. The molecule has 4 rings (SSSR count). The molecule has 0 radical (unpaired) electrons. The molecule has 0 aliphatic carbocycles. The number of anilines is 1. The number of hydrogen-bond acceptors (Lipinski definition) is 4. The van der Waals surface area contributed by atoms with Gasteiger partial charge in [0.2, 0.25) is 0 Å². The number of thioether (sulfide) groups is 1. The second kappa shape index (κ2) is 12.9. The quantitative estimate of drug-likeness (QED) is 0.223. The molecule has 6 heteroatoms. The number of carbonyl (C=O) groups is 1. The van der Waals surface area contributed by atoms with Crippen molar-refractivity contribution in [3.63, 3.8) is 0 Å². The Labute approximate surface area is 215 Å². The van der Waals surface area contributed by atoms with Crippen LogP contribution in [0.15, 0.2) is 114 Å².